The first-order chi connectivity index (χ1) is 8.49. The number of likely N-dealkylation sites (tertiary alicyclic amines) is 1. The first-order valence-electron chi connectivity index (χ1n) is 5.55. The molecule has 1 aliphatic heterocycles. The molecule has 2 atom stereocenters. The molecule has 1 aromatic carbocycles. The maximum Gasteiger partial charge on any atom is 0.387 e. The molecule has 0 spiro atoms. The maximum atomic E-state index is 12.1. The summed E-state index contributed by atoms with van der Waals surface area (Å²) in [6.07, 6.45) is 0.265. The van der Waals surface area contributed by atoms with Crippen LogP contribution in [0, 0.1) is 0 Å². The predicted molar refractivity (Wildman–Crippen MR) is 61.2 cm³/mol. The molecule has 0 saturated carbocycles. The second-order valence-electron chi connectivity index (χ2n) is 4.27. The van der Waals surface area contributed by atoms with Gasteiger partial charge in [-0.25, -0.2) is 0 Å². The number of benzene rings is 1. The van der Waals surface area contributed by atoms with Gasteiger partial charge in [-0.3, -0.25) is 4.79 Å². The van der Waals surface area contributed by atoms with Gasteiger partial charge >= 0.3 is 6.61 Å². The number of amides is 1. The van der Waals surface area contributed by atoms with E-state index in [4.69, 9.17) is 5.73 Å². The lowest BCUT2D eigenvalue weighted by molar-refractivity contribution is -0.127. The van der Waals surface area contributed by atoms with Crippen LogP contribution in [0.5, 0.6) is 5.75 Å². The summed E-state index contributed by atoms with van der Waals surface area (Å²) in [4.78, 5) is 13.1. The Labute approximate surface area is 103 Å². The lowest BCUT2D eigenvalue weighted by Gasteiger charge is -2.23. The van der Waals surface area contributed by atoms with E-state index in [-0.39, 0.29) is 30.2 Å². The number of alkyl halides is 2. The molecule has 1 amide bonds. The van der Waals surface area contributed by atoms with Gasteiger partial charge in [0.25, 0.3) is 0 Å². The zero-order chi connectivity index (χ0) is 13.3. The lowest BCUT2D eigenvalue weighted by Crippen LogP contribution is -2.30. The molecule has 1 aromatic rings. The Kier molecular flexibility index (Phi) is 3.47. The van der Waals surface area contributed by atoms with Crippen molar-refractivity contribution in [3.8, 4) is 5.75 Å². The van der Waals surface area contributed by atoms with Gasteiger partial charge in [0.1, 0.15) is 5.75 Å². The number of nitrogens with zero attached hydrogens (tertiary/aromatic N) is 1. The first kappa shape index (κ1) is 12.8. The van der Waals surface area contributed by atoms with E-state index in [1.807, 2.05) is 0 Å². The lowest BCUT2D eigenvalue weighted by atomic mass is 10.0. The van der Waals surface area contributed by atoms with Gasteiger partial charge in [-0.05, 0) is 17.7 Å². The largest absolute Gasteiger partial charge is 0.435 e. The Bertz CT molecular complexity index is 453. The number of halogens is 2. The van der Waals surface area contributed by atoms with Crippen molar-refractivity contribution in [2.75, 3.05) is 7.05 Å². The molecule has 1 fully saturated rings. The Balaban J connectivity index is 2.25. The fraction of sp³-hybridized carbons (Fsp3) is 0.417. The van der Waals surface area contributed by atoms with Gasteiger partial charge in [0.15, 0.2) is 0 Å². The summed E-state index contributed by atoms with van der Waals surface area (Å²) in [5.41, 5.74) is 6.59. The highest BCUT2D eigenvalue weighted by Crippen LogP contribution is 2.32. The summed E-state index contributed by atoms with van der Waals surface area (Å²) in [6.45, 7) is -2.86. The fourth-order valence-electron chi connectivity index (χ4n) is 2.25. The average molecular weight is 256 g/mol. The number of carbonyl (C=O) groups is 1. The zero-order valence-corrected chi connectivity index (χ0v) is 9.85. The van der Waals surface area contributed by atoms with Crippen LogP contribution in [0.1, 0.15) is 18.0 Å². The number of carbonyl (C=O) groups excluding carboxylic acids is 1. The van der Waals surface area contributed by atoms with E-state index < -0.39 is 6.61 Å². The van der Waals surface area contributed by atoms with E-state index in [1.54, 1.807) is 19.2 Å². The van der Waals surface area contributed by atoms with E-state index in [1.165, 1.54) is 17.0 Å². The van der Waals surface area contributed by atoms with Gasteiger partial charge in [0.05, 0.1) is 6.04 Å². The van der Waals surface area contributed by atoms with Gasteiger partial charge in [-0.15, -0.1) is 0 Å². The minimum Gasteiger partial charge on any atom is -0.435 e. The van der Waals surface area contributed by atoms with Gasteiger partial charge in [-0.2, -0.15) is 8.78 Å². The summed E-state index contributed by atoms with van der Waals surface area (Å²) >= 11 is 0. The molecular formula is C12H14F2N2O2. The molecular weight excluding hydrogens is 242 g/mol. The Morgan fingerprint density at radius 3 is 2.78 bits per heavy atom. The maximum absolute atomic E-state index is 12.1. The number of nitrogens with two attached hydrogens (primary N) is 1. The minimum atomic E-state index is -2.86. The van der Waals surface area contributed by atoms with Crippen LogP contribution in [0.4, 0.5) is 8.78 Å². The summed E-state index contributed by atoms with van der Waals surface area (Å²) in [5.74, 6) is 0.0233. The third-order valence-electron chi connectivity index (χ3n) is 3.05. The van der Waals surface area contributed by atoms with Crippen molar-refractivity contribution in [3.63, 3.8) is 0 Å². The number of likely N-dealkylation sites (N-methyl/N-ethyl adjacent to an activating group) is 1. The van der Waals surface area contributed by atoms with Crippen LogP contribution < -0.4 is 10.5 Å². The number of hydrogen-bond acceptors (Lipinski definition) is 3. The topological polar surface area (TPSA) is 55.6 Å². The molecule has 0 aromatic heterocycles. The summed E-state index contributed by atoms with van der Waals surface area (Å²) < 4.78 is 28.6. The van der Waals surface area contributed by atoms with Crippen molar-refractivity contribution in [1.82, 2.24) is 4.90 Å². The molecule has 1 saturated heterocycles. The van der Waals surface area contributed by atoms with Gasteiger partial charge < -0.3 is 15.4 Å². The summed E-state index contributed by atoms with van der Waals surface area (Å²) in [5, 5.41) is 0. The van der Waals surface area contributed by atoms with Crippen LogP contribution >= 0.6 is 0 Å². The molecule has 2 rings (SSSR count). The van der Waals surface area contributed by atoms with Crippen molar-refractivity contribution >= 4 is 5.91 Å². The van der Waals surface area contributed by atoms with Gasteiger partial charge in [-0.1, -0.05) is 12.1 Å². The van der Waals surface area contributed by atoms with E-state index in [0.717, 1.165) is 0 Å². The van der Waals surface area contributed by atoms with Crippen molar-refractivity contribution in [2.45, 2.75) is 25.1 Å². The van der Waals surface area contributed by atoms with Crippen LogP contribution in [-0.2, 0) is 4.79 Å². The molecule has 98 valence electrons. The van der Waals surface area contributed by atoms with E-state index >= 15 is 0 Å². The zero-order valence-electron chi connectivity index (χ0n) is 9.85. The van der Waals surface area contributed by atoms with Crippen molar-refractivity contribution < 1.29 is 18.3 Å². The van der Waals surface area contributed by atoms with Crippen molar-refractivity contribution in [3.05, 3.63) is 29.8 Å². The van der Waals surface area contributed by atoms with Gasteiger partial charge in [0, 0.05) is 19.5 Å². The van der Waals surface area contributed by atoms with E-state index in [0.29, 0.717) is 5.56 Å². The van der Waals surface area contributed by atoms with Crippen molar-refractivity contribution in [2.24, 2.45) is 5.73 Å². The van der Waals surface area contributed by atoms with Crippen LogP contribution in [0.3, 0.4) is 0 Å². The number of hydrogen-bond donors (Lipinski definition) is 1. The highest BCUT2D eigenvalue weighted by Gasteiger charge is 2.36. The third-order valence-corrected chi connectivity index (χ3v) is 3.05. The molecule has 2 N–H and O–H groups in total. The number of rotatable bonds is 3. The standard InChI is InChI=1S/C12H14F2N2O2/c1-16-10(17)6-9(15)11(16)7-3-2-4-8(5-7)18-12(13)14/h2-5,9,11-12H,6,15H2,1H3/t9-,11+/m0/s1. The molecule has 6 heteroatoms. The van der Waals surface area contributed by atoms with Crippen LogP contribution in [0.15, 0.2) is 24.3 Å². The predicted octanol–water partition coefficient (Wildman–Crippen LogP) is 1.52. The Hall–Kier alpha value is -1.69. The first-order valence-corrected chi connectivity index (χ1v) is 5.55. The Morgan fingerprint density at radius 1 is 1.50 bits per heavy atom. The second-order valence-corrected chi connectivity index (χ2v) is 4.27. The summed E-state index contributed by atoms with van der Waals surface area (Å²) in [7, 11) is 1.65. The molecule has 0 aliphatic carbocycles. The fourth-order valence-corrected chi connectivity index (χ4v) is 2.25. The Morgan fingerprint density at radius 2 is 2.22 bits per heavy atom. The molecule has 4 nitrogen and oxygen atoms in total. The highest BCUT2D eigenvalue weighted by molar-refractivity contribution is 5.80. The molecule has 0 radical (unpaired) electrons. The average Bonchev–Trinajstić information content (AvgIpc) is 2.52. The van der Waals surface area contributed by atoms with Crippen LogP contribution in [-0.4, -0.2) is 30.5 Å². The molecule has 0 bridgehead atoms. The van der Waals surface area contributed by atoms with Crippen LogP contribution in [0.2, 0.25) is 0 Å². The minimum absolute atomic E-state index is 0.0484. The molecule has 1 aliphatic rings. The third kappa shape index (κ3) is 2.43. The highest BCUT2D eigenvalue weighted by atomic mass is 19.3. The van der Waals surface area contributed by atoms with Crippen LogP contribution in [0.25, 0.3) is 0 Å². The van der Waals surface area contributed by atoms with Gasteiger partial charge in [0.2, 0.25) is 5.91 Å². The summed E-state index contributed by atoms with van der Waals surface area (Å²) in [6, 6.07) is 5.67. The normalized spacial score (nSPS) is 23.8. The quantitative estimate of drug-likeness (QED) is 0.892. The number of ether oxygens (including phenoxy) is 1. The monoisotopic (exact) mass is 256 g/mol. The van der Waals surface area contributed by atoms with Crippen molar-refractivity contribution in [1.29, 1.82) is 0 Å². The second kappa shape index (κ2) is 4.89. The smallest absolute Gasteiger partial charge is 0.387 e. The van der Waals surface area contributed by atoms with E-state index in [9.17, 15) is 13.6 Å². The molecule has 0 unspecified atom stereocenters. The SMILES string of the molecule is CN1C(=O)C[C@H](N)[C@H]1c1cccc(OC(F)F)c1. The van der Waals surface area contributed by atoms with E-state index in [2.05, 4.69) is 4.74 Å². The molecule has 18 heavy (non-hydrogen) atoms. The molecule has 1 heterocycles.